The molecule has 28 heavy (non-hydrogen) atoms. The minimum atomic E-state index is -5.03. The highest BCUT2D eigenvalue weighted by molar-refractivity contribution is 6.04. The molecule has 0 radical (unpaired) electrons. The molecule has 12 heteroatoms. The molecular weight excluding hydrogens is 377 g/mol. The second-order valence-electron chi connectivity index (χ2n) is 6.47. The summed E-state index contributed by atoms with van der Waals surface area (Å²) >= 11 is 0. The number of hydrogen-bond donors (Lipinski definition) is 2. The quantitative estimate of drug-likeness (QED) is 0.750. The van der Waals surface area contributed by atoms with Gasteiger partial charge in [-0.3, -0.25) is 0 Å². The van der Waals surface area contributed by atoms with E-state index in [0.717, 1.165) is 16.6 Å². The molecule has 3 heterocycles. The van der Waals surface area contributed by atoms with Gasteiger partial charge in [0.25, 0.3) is 11.7 Å². The molecule has 0 saturated heterocycles. The Morgan fingerprint density at radius 2 is 1.89 bits per heavy atom. The molecule has 3 N–H and O–H groups in total. The van der Waals surface area contributed by atoms with E-state index in [2.05, 4.69) is 25.4 Å². The first-order chi connectivity index (χ1) is 13.2. The molecule has 0 fully saturated rings. The van der Waals surface area contributed by atoms with E-state index in [1.54, 1.807) is 24.3 Å². The first-order valence-corrected chi connectivity index (χ1v) is 8.22. The summed E-state index contributed by atoms with van der Waals surface area (Å²) in [6.07, 6.45) is -4.63. The zero-order chi connectivity index (χ0) is 20.1. The van der Waals surface area contributed by atoms with Crippen LogP contribution < -0.4 is 5.73 Å². The number of nitrogens with zero attached hydrogens (tertiary/aromatic N) is 7. The number of rotatable bonds is 1. The lowest BCUT2D eigenvalue weighted by molar-refractivity contribution is -0.295. The molecule has 4 rings (SSSR count). The van der Waals surface area contributed by atoms with Gasteiger partial charge in [-0.2, -0.15) is 33.1 Å². The largest absolute Gasteiger partial charge is 0.438 e. The van der Waals surface area contributed by atoms with Gasteiger partial charge in [0.05, 0.1) is 18.6 Å². The number of aryl methyl sites for hydroxylation is 1. The predicted octanol–water partition coefficient (Wildman–Crippen LogP) is 0.980. The van der Waals surface area contributed by atoms with Gasteiger partial charge in [-0.25, -0.2) is 4.98 Å². The van der Waals surface area contributed by atoms with E-state index < -0.39 is 24.3 Å². The third-order valence-corrected chi connectivity index (χ3v) is 4.43. The summed E-state index contributed by atoms with van der Waals surface area (Å²) in [6.45, 7) is 1.85. The van der Waals surface area contributed by atoms with Gasteiger partial charge in [0.2, 0.25) is 0 Å². The Balaban J connectivity index is 1.85. The smallest absolute Gasteiger partial charge is 0.385 e. The average molecular weight is 392 g/mol. The lowest BCUT2D eigenvalue weighted by atomic mass is 10.0. The number of aliphatic hydroxyl groups is 1. The van der Waals surface area contributed by atoms with E-state index in [1.165, 1.54) is 0 Å². The molecule has 1 atom stereocenters. The van der Waals surface area contributed by atoms with Gasteiger partial charge in [0.1, 0.15) is 18.0 Å². The van der Waals surface area contributed by atoms with Gasteiger partial charge in [0.15, 0.2) is 0 Å². The van der Waals surface area contributed by atoms with Crippen LogP contribution >= 0.6 is 0 Å². The van der Waals surface area contributed by atoms with Gasteiger partial charge in [0, 0.05) is 0 Å². The Morgan fingerprint density at radius 3 is 2.57 bits per heavy atom. The minimum Gasteiger partial charge on any atom is -0.385 e. The van der Waals surface area contributed by atoms with Gasteiger partial charge in [-0.1, -0.05) is 29.8 Å². The lowest BCUT2D eigenvalue weighted by Gasteiger charge is -2.33. The number of alkyl halides is 3. The van der Waals surface area contributed by atoms with E-state index >= 15 is 0 Å². The third-order valence-electron chi connectivity index (χ3n) is 4.43. The summed E-state index contributed by atoms with van der Waals surface area (Å²) in [5.41, 5.74) is 3.79. The Labute approximate surface area is 156 Å². The number of nitrogens with two attached hydrogens (primary N) is 1. The molecule has 0 aliphatic carbocycles. The van der Waals surface area contributed by atoms with Gasteiger partial charge in [-0.15, -0.1) is 10.2 Å². The zero-order valence-electron chi connectivity index (χ0n) is 14.6. The predicted molar refractivity (Wildman–Crippen MR) is 93.4 cm³/mol. The lowest BCUT2D eigenvalue weighted by Crippen LogP contribution is -2.58. The summed E-state index contributed by atoms with van der Waals surface area (Å²) in [5.74, 6) is -0.183. The zero-order valence-corrected chi connectivity index (χ0v) is 14.6. The van der Waals surface area contributed by atoms with Crippen LogP contribution in [-0.2, 0) is 6.42 Å². The van der Waals surface area contributed by atoms with Crippen LogP contribution in [0.3, 0.4) is 0 Å². The topological polar surface area (TPSA) is 117 Å². The number of hydrazone groups is 1. The summed E-state index contributed by atoms with van der Waals surface area (Å²) in [4.78, 5) is 3.96. The highest BCUT2D eigenvalue weighted by Crippen LogP contribution is 2.41. The van der Waals surface area contributed by atoms with E-state index in [1.807, 2.05) is 6.92 Å². The highest BCUT2D eigenvalue weighted by atomic mass is 19.4. The molecule has 2 aliphatic rings. The summed E-state index contributed by atoms with van der Waals surface area (Å²) in [7, 11) is 0. The summed E-state index contributed by atoms with van der Waals surface area (Å²) in [5, 5.41) is 26.3. The molecule has 1 aromatic heterocycles. The average Bonchev–Trinajstić information content (AvgIpc) is 3.18. The van der Waals surface area contributed by atoms with E-state index in [4.69, 9.17) is 5.73 Å². The molecule has 0 saturated carbocycles. The third kappa shape index (κ3) is 2.81. The maximum atomic E-state index is 13.9. The van der Waals surface area contributed by atoms with Crippen LogP contribution in [0.4, 0.5) is 13.2 Å². The Kier molecular flexibility index (Phi) is 3.96. The van der Waals surface area contributed by atoms with Crippen molar-refractivity contribution in [2.75, 3.05) is 0 Å². The normalized spacial score (nSPS) is 22.3. The molecule has 1 aromatic carbocycles. The van der Waals surface area contributed by atoms with Crippen LogP contribution in [0.1, 0.15) is 23.4 Å². The molecule has 0 bridgehead atoms. The van der Waals surface area contributed by atoms with Crippen LogP contribution in [0.15, 0.2) is 45.9 Å². The van der Waals surface area contributed by atoms with E-state index in [9.17, 15) is 18.3 Å². The van der Waals surface area contributed by atoms with Crippen molar-refractivity contribution in [3.05, 3.63) is 47.5 Å². The van der Waals surface area contributed by atoms with Gasteiger partial charge in [-0.05, 0) is 12.5 Å². The van der Waals surface area contributed by atoms with Crippen LogP contribution in [0.2, 0.25) is 0 Å². The number of halogens is 3. The maximum absolute atomic E-state index is 13.9. The van der Waals surface area contributed by atoms with Gasteiger partial charge >= 0.3 is 6.18 Å². The Hall–Kier alpha value is -3.28. The molecule has 0 amide bonds. The highest BCUT2D eigenvalue weighted by Gasteiger charge is 2.63. The van der Waals surface area contributed by atoms with Crippen molar-refractivity contribution >= 4 is 17.5 Å². The number of benzene rings is 1. The van der Waals surface area contributed by atoms with Crippen molar-refractivity contribution in [1.82, 2.24) is 19.8 Å². The molecule has 2 aliphatic heterocycles. The summed E-state index contributed by atoms with van der Waals surface area (Å²) < 4.78 is 42.6. The molecular formula is C16H15F3N8O. The van der Waals surface area contributed by atoms with Crippen molar-refractivity contribution in [3.8, 4) is 0 Å². The van der Waals surface area contributed by atoms with E-state index in [-0.39, 0.29) is 23.8 Å². The minimum absolute atomic E-state index is 0.0415. The fourth-order valence-corrected chi connectivity index (χ4v) is 2.92. The fourth-order valence-electron chi connectivity index (χ4n) is 2.92. The van der Waals surface area contributed by atoms with Crippen molar-refractivity contribution in [1.29, 1.82) is 0 Å². The second kappa shape index (κ2) is 6.12. The first kappa shape index (κ1) is 18.1. The van der Waals surface area contributed by atoms with Crippen molar-refractivity contribution in [2.24, 2.45) is 21.0 Å². The molecule has 146 valence electrons. The number of amidine groups is 1. The number of aromatic nitrogens is 3. The monoisotopic (exact) mass is 392 g/mol. The SMILES string of the molecule is Cc1ccc(C2=NN(C3=NN=C(N)Cc4ncnn43)[C@@](O)(C(F)(F)F)C2)cc1. The fraction of sp³-hybridized carbons (Fsp3) is 0.312. The van der Waals surface area contributed by atoms with Crippen molar-refractivity contribution in [2.45, 2.75) is 31.7 Å². The molecule has 0 spiro atoms. The van der Waals surface area contributed by atoms with Crippen LogP contribution in [0.25, 0.3) is 0 Å². The van der Waals surface area contributed by atoms with Crippen molar-refractivity contribution in [3.63, 3.8) is 0 Å². The van der Waals surface area contributed by atoms with Crippen LogP contribution in [0, 0.1) is 6.92 Å². The first-order valence-electron chi connectivity index (χ1n) is 8.22. The van der Waals surface area contributed by atoms with Crippen LogP contribution in [-0.4, -0.2) is 54.3 Å². The van der Waals surface area contributed by atoms with Crippen LogP contribution in [0.5, 0.6) is 0 Å². The Morgan fingerprint density at radius 1 is 1.18 bits per heavy atom. The van der Waals surface area contributed by atoms with Crippen molar-refractivity contribution < 1.29 is 18.3 Å². The molecule has 2 aromatic rings. The maximum Gasteiger partial charge on any atom is 0.438 e. The summed E-state index contributed by atoms with van der Waals surface area (Å²) in [6, 6.07) is 6.77. The molecule has 0 unspecified atom stereocenters. The van der Waals surface area contributed by atoms with E-state index in [0.29, 0.717) is 10.6 Å². The number of fused-ring (bicyclic) bond motifs is 1. The Bertz CT molecular complexity index is 1010. The second-order valence-corrected chi connectivity index (χ2v) is 6.47. The standard InChI is InChI=1S/C16H15F3N8O/c1-9-2-4-10(5-3-9)11-7-15(28,16(17,18)19)27(25-11)14-24-23-12(20)6-13-21-8-22-26(13)14/h2-5,8,28H,6-7H2,1H3,(H2,20,23)/t15-/m0/s1. The molecule has 9 nitrogen and oxygen atoms in total. The number of hydrogen-bond acceptors (Lipinski definition) is 8. The van der Waals surface area contributed by atoms with Gasteiger partial charge < -0.3 is 10.8 Å².